The summed E-state index contributed by atoms with van der Waals surface area (Å²) in [5.41, 5.74) is 0. The topological polar surface area (TPSA) is 92.2 Å². The fraction of sp³-hybridized carbons (Fsp3) is 0. The van der Waals surface area contributed by atoms with E-state index >= 15 is 0 Å². The predicted octanol–water partition coefficient (Wildman–Crippen LogP) is -1.64. The van der Waals surface area contributed by atoms with Gasteiger partial charge < -0.3 is 20.2 Å². The number of rotatable bonds is 0. The third kappa shape index (κ3) is 84.6. The largest absolute Gasteiger partial charge is 0.412 e. The zero-order chi connectivity index (χ0) is 3.58. The average molecular weight is 284 g/mol. The van der Waals surface area contributed by atoms with E-state index in [1.54, 1.807) is 0 Å². The molecule has 0 heterocycles. The molecule has 0 aromatic carbocycles. The minimum absolute atomic E-state index is 0. The molecule has 4 nitrogen and oxygen atoms in total. The molecule has 6 heavy (non-hydrogen) atoms. The van der Waals surface area contributed by atoms with Crippen molar-refractivity contribution < 1.29 is 41.2 Å². The molecule has 0 aromatic rings. The maximum atomic E-state index is 7.23. The van der Waals surface area contributed by atoms with Gasteiger partial charge in [-0.1, -0.05) is 0 Å². The molecule has 0 aliphatic heterocycles. The molecule has 0 unspecified atom stereocenters. The second-order valence-corrected chi connectivity index (χ2v) is 0.805. The maximum Gasteiger partial charge on any atom is 0.324 e. The van der Waals surface area contributed by atoms with Gasteiger partial charge in [0.1, 0.15) is 0 Å². The van der Waals surface area contributed by atoms with E-state index in [0.29, 0.717) is 0 Å². The molecule has 40 valence electrons. The standard InChI is InChI=1S/H3O3P.H2O.W/c1-4(2)3;;/h1-3H;1H2;. The molecule has 6 heteroatoms. The van der Waals surface area contributed by atoms with Crippen LogP contribution in [0.25, 0.3) is 0 Å². The van der Waals surface area contributed by atoms with Crippen LogP contribution in [0, 0.1) is 0 Å². The van der Waals surface area contributed by atoms with Gasteiger partial charge in [-0.25, -0.2) is 0 Å². The Bertz CT molecular complexity index is 12.3. The van der Waals surface area contributed by atoms with Crippen LogP contribution < -0.4 is 0 Å². The van der Waals surface area contributed by atoms with Crippen molar-refractivity contribution in [3.63, 3.8) is 0 Å². The molecule has 0 radical (unpaired) electrons. The Balaban J connectivity index is -0.0000000450. The van der Waals surface area contributed by atoms with Gasteiger partial charge in [-0.2, -0.15) is 0 Å². The normalized spacial score (nSPS) is 6.00. The van der Waals surface area contributed by atoms with Crippen LogP contribution in [0.1, 0.15) is 0 Å². The van der Waals surface area contributed by atoms with Gasteiger partial charge in [0.2, 0.25) is 0 Å². The molecular weight excluding hydrogens is 279 g/mol. The van der Waals surface area contributed by atoms with Crippen molar-refractivity contribution in [2.45, 2.75) is 0 Å². The van der Waals surface area contributed by atoms with Gasteiger partial charge in [0.15, 0.2) is 0 Å². The molecule has 0 saturated carbocycles. The number of hydrogen-bond donors (Lipinski definition) is 3. The molecular formula is H5O4PW. The molecule has 0 amide bonds. The fourth-order valence-electron chi connectivity index (χ4n) is 0. The zero-order valence-electron chi connectivity index (χ0n) is 2.70. The summed E-state index contributed by atoms with van der Waals surface area (Å²) in [5.74, 6) is 0. The summed E-state index contributed by atoms with van der Waals surface area (Å²) in [5, 5.41) is 0. The van der Waals surface area contributed by atoms with Crippen LogP contribution in [0.3, 0.4) is 0 Å². The first-order valence-corrected chi connectivity index (χ1v) is 1.80. The number of hydrogen-bond acceptors (Lipinski definition) is 3. The summed E-state index contributed by atoms with van der Waals surface area (Å²) in [7, 11) is -2.62. The van der Waals surface area contributed by atoms with Gasteiger partial charge in [0.05, 0.1) is 0 Å². The van der Waals surface area contributed by atoms with E-state index in [9.17, 15) is 0 Å². The van der Waals surface area contributed by atoms with Crippen LogP contribution >= 0.6 is 8.60 Å². The SMILES string of the molecule is O.OP(O)O.[W]. The summed E-state index contributed by atoms with van der Waals surface area (Å²) in [6.45, 7) is 0. The zero-order valence-corrected chi connectivity index (χ0v) is 6.52. The quantitative estimate of drug-likeness (QED) is 0.466. The van der Waals surface area contributed by atoms with Gasteiger partial charge in [-0.15, -0.1) is 0 Å². The van der Waals surface area contributed by atoms with E-state index in [1.807, 2.05) is 0 Å². The molecule has 0 aliphatic carbocycles. The van der Waals surface area contributed by atoms with Crippen molar-refractivity contribution >= 4 is 8.60 Å². The summed E-state index contributed by atoms with van der Waals surface area (Å²) in [4.78, 5) is 21.7. The molecule has 5 N–H and O–H groups in total. The maximum absolute atomic E-state index is 7.23. The molecule has 0 atom stereocenters. The van der Waals surface area contributed by atoms with Crippen LogP contribution in [0.4, 0.5) is 0 Å². The van der Waals surface area contributed by atoms with E-state index in [-0.39, 0.29) is 26.5 Å². The van der Waals surface area contributed by atoms with Crippen molar-refractivity contribution in [2.24, 2.45) is 0 Å². The Morgan fingerprint density at radius 3 is 1.00 bits per heavy atom. The Morgan fingerprint density at radius 1 is 1.00 bits per heavy atom. The molecule has 0 aliphatic rings. The third-order valence-corrected chi connectivity index (χ3v) is 0. The second kappa shape index (κ2) is 9.35. The average Bonchev–Trinajstić information content (AvgIpc) is 0.811. The van der Waals surface area contributed by atoms with Gasteiger partial charge in [-0.3, -0.25) is 0 Å². The molecule has 0 fully saturated rings. The molecule has 0 saturated heterocycles. The van der Waals surface area contributed by atoms with Crippen molar-refractivity contribution in [1.82, 2.24) is 0 Å². The van der Waals surface area contributed by atoms with E-state index in [2.05, 4.69) is 0 Å². The van der Waals surface area contributed by atoms with Gasteiger partial charge in [0, 0.05) is 21.1 Å². The van der Waals surface area contributed by atoms with Gasteiger partial charge >= 0.3 is 8.60 Å². The van der Waals surface area contributed by atoms with E-state index in [4.69, 9.17) is 14.7 Å². The Morgan fingerprint density at radius 2 is 1.00 bits per heavy atom. The predicted molar refractivity (Wildman–Crippen MR) is 17.2 cm³/mol. The molecule has 0 aromatic heterocycles. The summed E-state index contributed by atoms with van der Waals surface area (Å²) < 4.78 is 0. The Hall–Kier alpha value is 0.958. The van der Waals surface area contributed by atoms with E-state index in [0.717, 1.165) is 0 Å². The van der Waals surface area contributed by atoms with Crippen LogP contribution in [0.5, 0.6) is 0 Å². The van der Waals surface area contributed by atoms with E-state index in [1.165, 1.54) is 0 Å². The smallest absolute Gasteiger partial charge is 0.324 e. The molecule has 0 rings (SSSR count). The van der Waals surface area contributed by atoms with Crippen LogP contribution in [0.2, 0.25) is 0 Å². The van der Waals surface area contributed by atoms with Gasteiger partial charge in [0.25, 0.3) is 0 Å². The molecule has 0 bridgehead atoms. The Kier molecular flexibility index (Phi) is 24.6. The fourth-order valence-corrected chi connectivity index (χ4v) is 0. The van der Waals surface area contributed by atoms with E-state index < -0.39 is 8.60 Å². The first kappa shape index (κ1) is 15.8. The van der Waals surface area contributed by atoms with Crippen molar-refractivity contribution in [1.29, 1.82) is 0 Å². The van der Waals surface area contributed by atoms with Crippen LogP contribution in [0.15, 0.2) is 0 Å². The monoisotopic (exact) mass is 284 g/mol. The second-order valence-electron chi connectivity index (χ2n) is 0.268. The van der Waals surface area contributed by atoms with Crippen molar-refractivity contribution in [3.05, 3.63) is 0 Å². The first-order chi connectivity index (χ1) is 1.73. The summed E-state index contributed by atoms with van der Waals surface area (Å²) in [6.07, 6.45) is 0. The summed E-state index contributed by atoms with van der Waals surface area (Å²) in [6, 6.07) is 0. The molecule has 0 spiro atoms. The van der Waals surface area contributed by atoms with Crippen molar-refractivity contribution in [2.75, 3.05) is 0 Å². The Labute approximate surface area is 50.4 Å². The minimum Gasteiger partial charge on any atom is -0.412 e. The van der Waals surface area contributed by atoms with Gasteiger partial charge in [-0.05, 0) is 0 Å². The summed E-state index contributed by atoms with van der Waals surface area (Å²) >= 11 is 0. The third-order valence-electron chi connectivity index (χ3n) is 0. The van der Waals surface area contributed by atoms with Crippen LogP contribution in [-0.4, -0.2) is 20.2 Å². The minimum atomic E-state index is -2.62. The van der Waals surface area contributed by atoms with Crippen LogP contribution in [-0.2, 0) is 21.1 Å². The van der Waals surface area contributed by atoms with Crippen molar-refractivity contribution in [3.8, 4) is 0 Å². The first-order valence-electron chi connectivity index (χ1n) is 0.600.